The van der Waals surface area contributed by atoms with E-state index in [1.54, 1.807) is 0 Å². The summed E-state index contributed by atoms with van der Waals surface area (Å²) in [6.45, 7) is 0. The van der Waals surface area contributed by atoms with Crippen LogP contribution < -0.4 is 0 Å². The monoisotopic (exact) mass is 275 g/mol. The Balaban J connectivity index is 2.79. The zero-order valence-electron chi connectivity index (χ0n) is 9.26. The number of nitrogens with zero attached hydrogens (tertiary/aromatic N) is 5. The number of allylic oxidation sites excluding steroid dienone is 1. The third-order valence-electron chi connectivity index (χ3n) is 2.48. The van der Waals surface area contributed by atoms with Crippen LogP contribution in [0.25, 0.3) is 22.0 Å². The van der Waals surface area contributed by atoms with Crippen LogP contribution in [-0.2, 0) is 10.0 Å². The molecular weight excluding hydrogens is 270 g/mol. The van der Waals surface area contributed by atoms with Crippen LogP contribution in [-0.4, -0.2) is 24.7 Å². The second-order valence-corrected chi connectivity index (χ2v) is 5.06. The molecule has 0 N–H and O–H groups in total. The maximum Gasteiger partial charge on any atom is 0.362 e. The minimum Gasteiger partial charge on any atom is -0.361 e. The van der Waals surface area contributed by atoms with Gasteiger partial charge in [0.25, 0.3) is 15.8 Å². The predicted octanol–water partition coefficient (Wildman–Crippen LogP) is 1.57. The Bertz CT molecular complexity index is 812. The first-order valence-electron chi connectivity index (χ1n) is 4.90. The lowest BCUT2D eigenvalue weighted by molar-refractivity contribution is -0.00436. The Labute approximate surface area is 107 Å². The highest BCUT2D eigenvalue weighted by Gasteiger charge is 2.29. The SMILES string of the molecule is [N-]=[N+]=NS(=O)(=O)c1cccc2c1C=CC(=[N+]=[N-])C2=O. The maximum absolute atomic E-state index is 11.8. The van der Waals surface area contributed by atoms with E-state index >= 15 is 0 Å². The minimum atomic E-state index is -4.20. The summed E-state index contributed by atoms with van der Waals surface area (Å²) in [7, 11) is -4.20. The first-order chi connectivity index (χ1) is 9.01. The summed E-state index contributed by atoms with van der Waals surface area (Å²) in [6.07, 6.45) is 2.49. The molecule has 0 heterocycles. The fraction of sp³-hybridized carbons (Fsp3) is 0. The third kappa shape index (κ3) is 2.04. The van der Waals surface area contributed by atoms with Crippen molar-refractivity contribution in [3.8, 4) is 0 Å². The summed E-state index contributed by atoms with van der Waals surface area (Å²) >= 11 is 0. The van der Waals surface area contributed by atoms with E-state index in [4.69, 9.17) is 11.1 Å². The van der Waals surface area contributed by atoms with E-state index in [-0.39, 0.29) is 21.7 Å². The van der Waals surface area contributed by atoms with Crippen LogP contribution >= 0.6 is 0 Å². The van der Waals surface area contributed by atoms with E-state index in [2.05, 4.69) is 14.2 Å². The molecule has 94 valence electrons. The molecule has 0 unspecified atom stereocenters. The Morgan fingerprint density at radius 3 is 2.53 bits per heavy atom. The van der Waals surface area contributed by atoms with Crippen molar-refractivity contribution < 1.29 is 18.0 Å². The maximum atomic E-state index is 11.8. The predicted molar refractivity (Wildman–Crippen MR) is 64.8 cm³/mol. The van der Waals surface area contributed by atoms with Crippen molar-refractivity contribution in [3.05, 3.63) is 51.4 Å². The average Bonchev–Trinajstić information content (AvgIpc) is 2.38. The fourth-order valence-electron chi connectivity index (χ4n) is 1.69. The summed E-state index contributed by atoms with van der Waals surface area (Å²) in [4.78, 5) is 16.6. The van der Waals surface area contributed by atoms with E-state index in [0.717, 1.165) is 0 Å². The van der Waals surface area contributed by atoms with Gasteiger partial charge in [-0.05, 0) is 17.7 Å². The molecule has 0 atom stereocenters. The van der Waals surface area contributed by atoms with Crippen molar-refractivity contribution in [3.63, 3.8) is 0 Å². The van der Waals surface area contributed by atoms with E-state index in [1.165, 1.54) is 30.4 Å². The number of Topliss-reactive ketones (excluding diaryl/α,β-unsaturated/α-hetero) is 1. The zero-order valence-corrected chi connectivity index (χ0v) is 10.1. The molecule has 19 heavy (non-hydrogen) atoms. The van der Waals surface area contributed by atoms with Crippen LogP contribution in [0.1, 0.15) is 15.9 Å². The van der Waals surface area contributed by atoms with Gasteiger partial charge in [0.05, 0.1) is 4.90 Å². The van der Waals surface area contributed by atoms with Gasteiger partial charge in [-0.1, -0.05) is 12.1 Å². The number of carbonyl (C=O) groups excluding carboxylic acids is 1. The number of hydrogen-bond acceptors (Lipinski definition) is 3. The molecule has 1 aliphatic carbocycles. The van der Waals surface area contributed by atoms with Gasteiger partial charge in [-0.15, -0.1) is 0 Å². The van der Waals surface area contributed by atoms with E-state index in [1.807, 2.05) is 0 Å². The van der Waals surface area contributed by atoms with Crippen LogP contribution in [0.4, 0.5) is 0 Å². The number of benzene rings is 1. The van der Waals surface area contributed by atoms with Crippen molar-refractivity contribution in [1.29, 1.82) is 0 Å². The first kappa shape index (κ1) is 12.7. The molecule has 0 radical (unpaired) electrons. The van der Waals surface area contributed by atoms with Crippen molar-refractivity contribution in [2.75, 3.05) is 0 Å². The van der Waals surface area contributed by atoms with Gasteiger partial charge in [-0.2, -0.15) is 4.79 Å². The second-order valence-electron chi connectivity index (χ2n) is 3.51. The molecule has 0 aromatic heterocycles. The van der Waals surface area contributed by atoms with E-state index in [0.29, 0.717) is 0 Å². The first-order valence-corrected chi connectivity index (χ1v) is 6.34. The highest BCUT2D eigenvalue weighted by molar-refractivity contribution is 7.90. The molecule has 1 aromatic carbocycles. The van der Waals surface area contributed by atoms with Gasteiger partial charge in [0.2, 0.25) is 0 Å². The molecular formula is C10H5N5O3S. The average molecular weight is 275 g/mol. The molecule has 0 aliphatic heterocycles. The van der Waals surface area contributed by atoms with Crippen molar-refractivity contribution in [2.45, 2.75) is 4.90 Å². The summed E-state index contributed by atoms with van der Waals surface area (Å²) in [5.41, 5.74) is 16.8. The van der Waals surface area contributed by atoms with Gasteiger partial charge in [0, 0.05) is 26.6 Å². The molecule has 0 fully saturated rings. The largest absolute Gasteiger partial charge is 0.362 e. The standard InChI is InChI=1S/C10H5N5O3S/c11-13-8-5-4-6-7(10(8)16)2-1-3-9(6)19(17,18)15-14-12/h1-5H. The summed E-state index contributed by atoms with van der Waals surface area (Å²) in [5.74, 6) is -0.613. The summed E-state index contributed by atoms with van der Waals surface area (Å²) in [5, 5.41) is 0. The highest BCUT2D eigenvalue weighted by atomic mass is 32.2. The van der Waals surface area contributed by atoms with Crippen LogP contribution in [0, 0.1) is 0 Å². The topological polar surface area (TPSA) is 136 Å². The summed E-state index contributed by atoms with van der Waals surface area (Å²) < 4.78 is 26.2. The Hall–Kier alpha value is -2.73. The molecule has 1 aromatic rings. The Morgan fingerprint density at radius 2 is 1.89 bits per heavy atom. The van der Waals surface area contributed by atoms with E-state index < -0.39 is 15.8 Å². The smallest absolute Gasteiger partial charge is 0.361 e. The highest BCUT2D eigenvalue weighted by Crippen LogP contribution is 2.26. The molecule has 0 saturated carbocycles. The number of carbonyl (C=O) groups is 1. The van der Waals surface area contributed by atoms with E-state index in [9.17, 15) is 13.2 Å². The third-order valence-corrected chi connectivity index (χ3v) is 3.68. The fourth-order valence-corrected chi connectivity index (χ4v) is 2.58. The molecule has 8 nitrogen and oxygen atoms in total. The number of ketones is 1. The second kappa shape index (κ2) is 4.51. The van der Waals surface area contributed by atoms with Gasteiger partial charge in [-0.3, -0.25) is 4.79 Å². The quantitative estimate of drug-likeness (QED) is 0.460. The molecule has 9 heteroatoms. The number of rotatable bonds is 2. The van der Waals surface area contributed by atoms with Crippen LogP contribution in [0.5, 0.6) is 0 Å². The minimum absolute atomic E-state index is 0.0597. The number of hydrogen-bond donors (Lipinski definition) is 0. The van der Waals surface area contributed by atoms with Crippen LogP contribution in [0.2, 0.25) is 0 Å². The lowest BCUT2D eigenvalue weighted by Gasteiger charge is -2.10. The normalized spacial score (nSPS) is 13.5. The number of fused-ring (bicyclic) bond motifs is 1. The van der Waals surface area contributed by atoms with Gasteiger partial charge in [0.1, 0.15) is 0 Å². The molecule has 0 spiro atoms. The number of azide groups is 1. The molecule has 1 aliphatic rings. The Morgan fingerprint density at radius 1 is 1.16 bits per heavy atom. The molecule has 0 saturated heterocycles. The molecule has 0 bridgehead atoms. The van der Waals surface area contributed by atoms with Gasteiger partial charge < -0.3 is 5.53 Å². The van der Waals surface area contributed by atoms with Crippen LogP contribution in [0.15, 0.2) is 33.7 Å². The van der Waals surface area contributed by atoms with Crippen molar-refractivity contribution in [1.82, 2.24) is 0 Å². The van der Waals surface area contributed by atoms with Gasteiger partial charge in [-0.25, -0.2) is 8.42 Å². The van der Waals surface area contributed by atoms with Gasteiger partial charge in [0.15, 0.2) is 0 Å². The number of sulfonamides is 1. The lowest BCUT2D eigenvalue weighted by atomic mass is 9.95. The molecule has 2 rings (SSSR count). The van der Waals surface area contributed by atoms with Crippen molar-refractivity contribution >= 4 is 27.6 Å². The zero-order chi connectivity index (χ0) is 14.0. The summed E-state index contributed by atoms with van der Waals surface area (Å²) in [6, 6.07) is 3.95. The molecule has 0 amide bonds. The Kier molecular flexibility index (Phi) is 3.02. The lowest BCUT2D eigenvalue weighted by Crippen LogP contribution is -2.19. The van der Waals surface area contributed by atoms with Gasteiger partial charge >= 0.3 is 5.71 Å². The van der Waals surface area contributed by atoms with Crippen LogP contribution in [0.3, 0.4) is 0 Å². The van der Waals surface area contributed by atoms with Crippen molar-refractivity contribution in [2.24, 2.45) is 4.52 Å².